The van der Waals surface area contributed by atoms with E-state index < -0.39 is 0 Å². The van der Waals surface area contributed by atoms with Crippen LogP contribution in [0.25, 0.3) is 0 Å². The molecule has 0 atom stereocenters. The summed E-state index contributed by atoms with van der Waals surface area (Å²) in [7, 11) is 0. The van der Waals surface area contributed by atoms with E-state index in [-0.39, 0.29) is 11.9 Å². The first kappa shape index (κ1) is 40.5. The van der Waals surface area contributed by atoms with Gasteiger partial charge in [-0.1, -0.05) is 126 Å². The van der Waals surface area contributed by atoms with Crippen LogP contribution >= 0.6 is 0 Å². The quantitative estimate of drug-likeness (QED) is 0.290. The number of esters is 2. The van der Waals surface area contributed by atoms with Gasteiger partial charge in [0.1, 0.15) is 11.5 Å². The van der Waals surface area contributed by atoms with Gasteiger partial charge in [-0.25, -0.2) is 0 Å². The second-order valence-electron chi connectivity index (χ2n) is 7.03. The van der Waals surface area contributed by atoms with Gasteiger partial charge in [0.25, 0.3) is 0 Å². The summed E-state index contributed by atoms with van der Waals surface area (Å²) in [5, 5.41) is 0. The number of para-hydroxylation sites is 1. The number of aryl methyl sites for hydroxylation is 2. The summed E-state index contributed by atoms with van der Waals surface area (Å²) in [6, 6.07) is 15.2. The minimum absolute atomic E-state index is 0.180. The lowest BCUT2D eigenvalue weighted by Crippen LogP contribution is -2.06. The van der Waals surface area contributed by atoms with Crippen molar-refractivity contribution in [1.29, 1.82) is 0 Å². The van der Waals surface area contributed by atoms with E-state index in [1.54, 1.807) is 19.9 Å². The maximum absolute atomic E-state index is 11.0. The molecule has 0 heterocycles. The van der Waals surface area contributed by atoms with Crippen molar-refractivity contribution < 1.29 is 19.1 Å². The number of benzene rings is 2. The Hall–Kier alpha value is -2.62. The normalized spacial score (nSPS) is 8.33. The molecule has 0 fully saturated rings. The fraction of sp³-hybridized carbons (Fsp3) is 0.562. The van der Waals surface area contributed by atoms with Gasteiger partial charge in [0, 0.05) is 12.8 Å². The molecule has 0 saturated carbocycles. The van der Waals surface area contributed by atoms with Crippen molar-refractivity contribution in [2.75, 3.05) is 0 Å². The van der Waals surface area contributed by atoms with E-state index in [1.165, 1.54) is 18.4 Å². The molecule has 0 aromatic heterocycles. The second kappa shape index (κ2) is 32.4. The van der Waals surface area contributed by atoms with Crippen molar-refractivity contribution >= 4 is 11.9 Å². The molecule has 2 aromatic carbocycles. The van der Waals surface area contributed by atoms with Gasteiger partial charge < -0.3 is 9.47 Å². The summed E-state index contributed by atoms with van der Waals surface area (Å²) < 4.78 is 10.2. The van der Waals surface area contributed by atoms with Crippen LogP contribution in [-0.4, -0.2) is 11.9 Å². The highest BCUT2D eigenvalue weighted by Gasteiger charge is 2.04. The lowest BCUT2D eigenvalue weighted by atomic mass is 10.1. The number of rotatable bonds is 6. The Morgan fingerprint density at radius 2 is 1.08 bits per heavy atom. The number of hydrogen-bond donors (Lipinski definition) is 0. The highest BCUT2D eigenvalue weighted by molar-refractivity contribution is 5.72. The van der Waals surface area contributed by atoms with Gasteiger partial charge in [-0.3, -0.25) is 9.59 Å². The largest absolute Gasteiger partial charge is 0.427 e. The minimum atomic E-state index is -0.187. The molecule has 2 rings (SSSR count). The Labute approximate surface area is 223 Å². The first-order chi connectivity index (χ1) is 17.4. The van der Waals surface area contributed by atoms with Gasteiger partial charge in [-0.15, -0.1) is 0 Å². The zero-order valence-electron chi connectivity index (χ0n) is 25.5. The van der Waals surface area contributed by atoms with Gasteiger partial charge in [0.05, 0.1) is 0 Å². The van der Waals surface area contributed by atoms with Gasteiger partial charge >= 0.3 is 11.9 Å². The third-order valence-electron chi connectivity index (χ3n) is 3.69. The lowest BCUT2D eigenvalue weighted by Gasteiger charge is -2.06. The smallest absolute Gasteiger partial charge is 0.310 e. The van der Waals surface area contributed by atoms with Crippen LogP contribution in [0, 0.1) is 0 Å². The van der Waals surface area contributed by atoms with E-state index in [4.69, 9.17) is 9.47 Å². The Morgan fingerprint density at radius 3 is 1.53 bits per heavy atom. The zero-order chi connectivity index (χ0) is 28.8. The summed E-state index contributed by atoms with van der Waals surface area (Å²) in [4.78, 5) is 22.0. The van der Waals surface area contributed by atoms with Crippen molar-refractivity contribution in [3.05, 3.63) is 59.7 Å². The fourth-order valence-corrected chi connectivity index (χ4v) is 2.12. The molecule has 0 aliphatic carbocycles. The highest BCUT2D eigenvalue weighted by atomic mass is 16.5. The van der Waals surface area contributed by atoms with E-state index >= 15 is 0 Å². The number of carbonyl (C=O) groups excluding carboxylic acids is 2. The first-order valence-corrected chi connectivity index (χ1v) is 13.9. The molecule has 0 N–H and O–H groups in total. The molecule has 0 bridgehead atoms. The molecule has 4 nitrogen and oxygen atoms in total. The predicted molar refractivity (Wildman–Crippen MR) is 158 cm³/mol. The first-order valence-electron chi connectivity index (χ1n) is 13.9. The van der Waals surface area contributed by atoms with Gasteiger partial charge in [-0.2, -0.15) is 0 Å². The van der Waals surface area contributed by atoms with Crippen molar-refractivity contribution in [1.82, 2.24) is 0 Å². The molecule has 0 amide bonds. The average Bonchev–Trinajstić information content (AvgIpc) is 2.92. The number of carbonyl (C=O) groups is 2. The summed E-state index contributed by atoms with van der Waals surface area (Å²) in [6.45, 7) is 24.2. The zero-order valence-corrected chi connectivity index (χ0v) is 25.5. The molecule has 0 unspecified atom stereocenters. The SMILES string of the molecule is CC.CC.CCC.CCC.CCC(=O)Oc1cccc(CC)c1.CCC(=O)Oc1ccccc1CC. The van der Waals surface area contributed by atoms with E-state index in [0.29, 0.717) is 24.3 Å². The van der Waals surface area contributed by atoms with Crippen molar-refractivity contribution in [3.63, 3.8) is 0 Å². The lowest BCUT2D eigenvalue weighted by molar-refractivity contribution is -0.134. The summed E-state index contributed by atoms with van der Waals surface area (Å²) in [5.41, 5.74) is 2.26. The Balaban J connectivity index is -0.000000210. The summed E-state index contributed by atoms with van der Waals surface area (Å²) >= 11 is 0. The maximum Gasteiger partial charge on any atom is 0.310 e. The molecule has 0 aliphatic rings. The summed E-state index contributed by atoms with van der Waals surface area (Å²) in [5.74, 6) is 0.970. The monoisotopic (exact) mass is 504 g/mol. The molecule has 0 spiro atoms. The molecule has 36 heavy (non-hydrogen) atoms. The molecule has 4 heteroatoms. The number of ether oxygens (including phenoxy) is 2. The Morgan fingerprint density at radius 1 is 0.611 bits per heavy atom. The van der Waals surface area contributed by atoms with Gasteiger partial charge in [0.15, 0.2) is 0 Å². The number of hydrogen-bond acceptors (Lipinski definition) is 4. The van der Waals surface area contributed by atoms with Gasteiger partial charge in [0.2, 0.25) is 0 Å². The topological polar surface area (TPSA) is 52.6 Å². The van der Waals surface area contributed by atoms with Crippen LogP contribution in [0.5, 0.6) is 11.5 Å². The standard InChI is InChI=1S/2C11H14O2.2C3H8.2C2H6/c1-3-9-6-5-7-10(8-9)13-11(12)4-2;1-3-9-7-5-6-8-10(9)13-11(12)4-2;2*1-3-2;2*1-2/h2*5-8H,3-4H2,1-2H3;2*3H2,1-2H3;2*1-2H3. The third kappa shape index (κ3) is 24.5. The molecule has 208 valence electrons. The molecule has 0 saturated heterocycles. The molecular formula is C32H56O4. The Bertz CT molecular complexity index is 736. The van der Waals surface area contributed by atoms with Gasteiger partial charge in [-0.05, 0) is 42.2 Å². The second-order valence-corrected chi connectivity index (χ2v) is 7.03. The Kier molecular flexibility index (Phi) is 36.5. The fourth-order valence-electron chi connectivity index (χ4n) is 2.12. The van der Waals surface area contributed by atoms with Crippen LogP contribution < -0.4 is 9.47 Å². The summed E-state index contributed by atoms with van der Waals surface area (Å²) in [6.07, 6.45) is 5.17. The molecule has 2 aromatic rings. The molecular weight excluding hydrogens is 448 g/mol. The molecule has 0 aliphatic heterocycles. The van der Waals surface area contributed by atoms with Crippen molar-refractivity contribution in [2.45, 2.75) is 122 Å². The van der Waals surface area contributed by atoms with Crippen LogP contribution in [0.15, 0.2) is 48.5 Å². The molecule has 0 radical (unpaired) electrons. The van der Waals surface area contributed by atoms with Crippen LogP contribution in [-0.2, 0) is 22.4 Å². The van der Waals surface area contributed by atoms with Crippen LogP contribution in [0.2, 0.25) is 0 Å². The van der Waals surface area contributed by atoms with Crippen LogP contribution in [0.1, 0.15) is 120 Å². The predicted octanol–water partition coefficient (Wildman–Crippen LogP) is 10.0. The minimum Gasteiger partial charge on any atom is -0.427 e. The maximum atomic E-state index is 11.0. The van der Waals surface area contributed by atoms with E-state index in [1.807, 2.05) is 77.1 Å². The average molecular weight is 505 g/mol. The van der Waals surface area contributed by atoms with E-state index in [9.17, 15) is 9.59 Å². The van der Waals surface area contributed by atoms with Crippen molar-refractivity contribution in [2.24, 2.45) is 0 Å². The van der Waals surface area contributed by atoms with Crippen LogP contribution in [0.3, 0.4) is 0 Å². The van der Waals surface area contributed by atoms with E-state index in [2.05, 4.69) is 34.6 Å². The highest BCUT2D eigenvalue weighted by Crippen LogP contribution is 2.18. The van der Waals surface area contributed by atoms with Crippen molar-refractivity contribution in [3.8, 4) is 11.5 Å². The van der Waals surface area contributed by atoms with E-state index in [0.717, 1.165) is 18.4 Å². The third-order valence-corrected chi connectivity index (χ3v) is 3.69. The van der Waals surface area contributed by atoms with Crippen LogP contribution in [0.4, 0.5) is 0 Å².